The number of pyridine rings is 1. The van der Waals surface area contributed by atoms with Crippen molar-refractivity contribution in [1.29, 1.82) is 0 Å². The van der Waals surface area contributed by atoms with Crippen LogP contribution in [0.2, 0.25) is 0 Å². The largest absolute Gasteiger partial charge is 0.573 e. The lowest BCUT2D eigenvalue weighted by Crippen LogP contribution is -2.56. The normalized spacial score (nSPS) is 17.1. The summed E-state index contributed by atoms with van der Waals surface area (Å²) in [5, 5.41) is 7.65. The number of imidazole rings is 1. The predicted molar refractivity (Wildman–Crippen MR) is 195 cm³/mol. The van der Waals surface area contributed by atoms with Crippen molar-refractivity contribution < 1.29 is 41.8 Å². The second-order valence-electron chi connectivity index (χ2n) is 13.0. The van der Waals surface area contributed by atoms with Crippen LogP contribution in [0.5, 0.6) is 5.75 Å². The molecule has 6 rings (SSSR count). The number of amides is 5. The molecule has 2 saturated heterocycles. The van der Waals surface area contributed by atoms with Crippen molar-refractivity contribution in [2.45, 2.75) is 38.2 Å². The Bertz CT molecular complexity index is 2020. The molecule has 5 amide bonds. The Hall–Kier alpha value is -6.33. The fourth-order valence-corrected chi connectivity index (χ4v) is 6.72. The number of alkyl carbamates (subject to hydrolysis) is 1. The molecule has 2 atom stereocenters. The number of halogens is 3. The first-order valence-corrected chi connectivity index (χ1v) is 17.5. The Morgan fingerprint density at radius 1 is 0.982 bits per heavy atom. The highest BCUT2D eigenvalue weighted by molar-refractivity contribution is 6.04. The van der Waals surface area contributed by atoms with Crippen LogP contribution in [0.3, 0.4) is 0 Å². The zero-order valence-corrected chi connectivity index (χ0v) is 30.3. The number of rotatable bonds is 9. The summed E-state index contributed by atoms with van der Waals surface area (Å²) in [5.74, 6) is -0.160. The number of nitrogens with zero attached hydrogens (tertiary/aromatic N) is 5. The number of nitrogens with one attached hydrogen (secondary N) is 4. The summed E-state index contributed by atoms with van der Waals surface area (Å²) in [6, 6.07) is 13.4. The van der Waals surface area contributed by atoms with Gasteiger partial charge in [0.2, 0.25) is 5.91 Å². The van der Waals surface area contributed by atoms with Crippen LogP contribution in [-0.2, 0) is 9.53 Å². The Balaban J connectivity index is 1.13. The summed E-state index contributed by atoms with van der Waals surface area (Å²) in [6.07, 6.45) is -1.19. The number of aromatic amines is 1. The minimum Gasteiger partial charge on any atom is -0.453 e. The van der Waals surface area contributed by atoms with E-state index in [1.54, 1.807) is 59.4 Å². The van der Waals surface area contributed by atoms with Gasteiger partial charge in [-0.3, -0.25) is 9.59 Å². The minimum absolute atomic E-state index is 0.0599. The third-order valence-corrected chi connectivity index (χ3v) is 9.45. The summed E-state index contributed by atoms with van der Waals surface area (Å²) in [4.78, 5) is 67.0. The number of urea groups is 1. The van der Waals surface area contributed by atoms with E-state index in [4.69, 9.17) is 0 Å². The van der Waals surface area contributed by atoms with E-state index in [2.05, 4.69) is 40.4 Å². The molecule has 18 heteroatoms. The minimum atomic E-state index is -5.00. The number of hydrogen-bond acceptors (Lipinski definition) is 9. The van der Waals surface area contributed by atoms with E-state index in [0.717, 1.165) is 12.5 Å². The predicted octanol–water partition coefficient (Wildman–Crippen LogP) is 5.16. The lowest BCUT2D eigenvalue weighted by molar-refractivity contribution is -0.274. The fraction of sp³-hybridized carbons (Fsp3) is 0.351. The summed E-state index contributed by atoms with van der Waals surface area (Å²) in [7, 11) is 2.80. The van der Waals surface area contributed by atoms with Gasteiger partial charge in [-0.25, -0.2) is 19.6 Å². The maximum absolute atomic E-state index is 13.6. The van der Waals surface area contributed by atoms with Gasteiger partial charge in [-0.05, 0) is 49.6 Å². The highest BCUT2D eigenvalue weighted by Crippen LogP contribution is 2.37. The van der Waals surface area contributed by atoms with Gasteiger partial charge in [-0.2, -0.15) is 0 Å². The quantitative estimate of drug-likeness (QED) is 0.180. The number of likely N-dealkylation sites (tertiary alicyclic amines) is 1. The number of anilines is 2. The van der Waals surface area contributed by atoms with Gasteiger partial charge in [0.05, 0.1) is 24.4 Å². The SMILES string of the molecule is CNC(=O)N1CCN(c2ccc(C(=O)Nc3ccc(-c4ccc(-c5c[nH]c(C6CCCN6C(=O)CNC(=O)OC)n5)cc4)c(OC(F)(F)F)c3)cn2)CC1C. The van der Waals surface area contributed by atoms with E-state index < -0.39 is 24.1 Å². The van der Waals surface area contributed by atoms with Crippen LogP contribution >= 0.6 is 0 Å². The average molecular weight is 764 g/mol. The van der Waals surface area contributed by atoms with Crippen molar-refractivity contribution in [3.63, 3.8) is 0 Å². The summed E-state index contributed by atoms with van der Waals surface area (Å²) >= 11 is 0. The van der Waals surface area contributed by atoms with Gasteiger partial charge in [0.1, 0.15) is 23.9 Å². The van der Waals surface area contributed by atoms with Gasteiger partial charge in [0.15, 0.2) is 0 Å². The number of methoxy groups -OCH3 is 1. The molecule has 0 bridgehead atoms. The molecule has 0 radical (unpaired) electrons. The van der Waals surface area contributed by atoms with Gasteiger partial charge >= 0.3 is 18.5 Å². The van der Waals surface area contributed by atoms with E-state index >= 15 is 0 Å². The molecule has 55 heavy (non-hydrogen) atoms. The van der Waals surface area contributed by atoms with Gasteiger partial charge in [0, 0.05) is 74.5 Å². The van der Waals surface area contributed by atoms with Crippen molar-refractivity contribution in [1.82, 2.24) is 35.4 Å². The highest BCUT2D eigenvalue weighted by Gasteiger charge is 2.34. The number of carbonyl (C=O) groups excluding carboxylic acids is 4. The summed E-state index contributed by atoms with van der Waals surface area (Å²) in [5.41, 5.74) is 2.09. The molecule has 0 aliphatic carbocycles. The molecule has 2 fully saturated rings. The van der Waals surface area contributed by atoms with Gasteiger partial charge in [0.25, 0.3) is 5.91 Å². The lowest BCUT2D eigenvalue weighted by atomic mass is 10.0. The topological polar surface area (TPSA) is 174 Å². The van der Waals surface area contributed by atoms with E-state index in [-0.39, 0.29) is 47.4 Å². The van der Waals surface area contributed by atoms with Crippen LogP contribution in [0.1, 0.15) is 42.0 Å². The zero-order chi connectivity index (χ0) is 39.3. The Labute approximate surface area is 314 Å². The zero-order valence-electron chi connectivity index (χ0n) is 30.3. The molecule has 0 spiro atoms. The van der Waals surface area contributed by atoms with Crippen LogP contribution in [0.25, 0.3) is 22.4 Å². The van der Waals surface area contributed by atoms with Crippen LogP contribution in [-0.4, -0.2) is 108 Å². The molecular weight excluding hydrogens is 723 g/mol. The molecule has 2 aromatic heterocycles. The second-order valence-corrected chi connectivity index (χ2v) is 13.0. The number of alkyl halides is 3. The van der Waals surface area contributed by atoms with Crippen LogP contribution < -0.4 is 25.6 Å². The van der Waals surface area contributed by atoms with E-state index in [0.29, 0.717) is 61.1 Å². The first-order chi connectivity index (χ1) is 26.3. The number of benzene rings is 2. The van der Waals surface area contributed by atoms with Gasteiger partial charge < -0.3 is 45.1 Å². The monoisotopic (exact) mass is 763 g/mol. The van der Waals surface area contributed by atoms with Crippen molar-refractivity contribution in [2.24, 2.45) is 0 Å². The molecule has 2 aliphatic heterocycles. The number of aromatic nitrogens is 3. The summed E-state index contributed by atoms with van der Waals surface area (Å²) in [6.45, 7) is 3.84. The number of piperazine rings is 1. The molecule has 2 aromatic carbocycles. The Morgan fingerprint density at radius 3 is 2.42 bits per heavy atom. The third kappa shape index (κ3) is 9.08. The van der Waals surface area contributed by atoms with Crippen molar-refractivity contribution in [3.05, 3.63) is 78.4 Å². The highest BCUT2D eigenvalue weighted by atomic mass is 19.4. The molecule has 4 N–H and O–H groups in total. The number of H-pyrrole nitrogens is 1. The maximum atomic E-state index is 13.6. The molecule has 2 unspecified atom stereocenters. The Kier molecular flexibility index (Phi) is 11.4. The van der Waals surface area contributed by atoms with Crippen molar-refractivity contribution >= 4 is 35.4 Å². The third-order valence-electron chi connectivity index (χ3n) is 9.45. The van der Waals surface area contributed by atoms with Crippen LogP contribution in [0, 0.1) is 0 Å². The van der Waals surface area contributed by atoms with Crippen molar-refractivity contribution in [3.8, 4) is 28.1 Å². The summed E-state index contributed by atoms with van der Waals surface area (Å²) < 4.78 is 49.7. The lowest BCUT2D eigenvalue weighted by Gasteiger charge is -2.40. The molecule has 0 saturated carbocycles. The second kappa shape index (κ2) is 16.4. The maximum Gasteiger partial charge on any atom is 0.573 e. The first kappa shape index (κ1) is 38.4. The van der Waals surface area contributed by atoms with Crippen molar-refractivity contribution in [2.75, 3.05) is 57.1 Å². The standard InChI is InChI=1S/C37H40F3N9O6/c1-22-21-47(15-16-48(22)35(52)41-2)31-13-10-25(18-42-31)34(51)45-26-11-12-27(30(17-26)55-37(38,39)40)23-6-8-24(9-7-23)28-19-43-33(46-28)29-5-4-14-49(29)32(50)20-44-36(53)54-3/h6-13,17-19,22,29H,4-5,14-16,20-21H2,1-3H3,(H,41,52)(H,43,46)(H,44,53)(H,45,51). The molecule has 2 aliphatic rings. The number of ether oxygens (including phenoxy) is 2. The molecule has 290 valence electrons. The number of carbonyl (C=O) groups is 4. The van der Waals surface area contributed by atoms with Gasteiger partial charge in [-0.15, -0.1) is 13.2 Å². The Morgan fingerprint density at radius 2 is 1.75 bits per heavy atom. The molecule has 4 heterocycles. The van der Waals surface area contributed by atoms with Crippen LogP contribution in [0.15, 0.2) is 67.0 Å². The molecular formula is C37H40F3N9O6. The number of hydrogen-bond donors (Lipinski definition) is 4. The fourth-order valence-electron chi connectivity index (χ4n) is 6.72. The van der Waals surface area contributed by atoms with E-state index in [1.807, 2.05) is 11.8 Å². The smallest absolute Gasteiger partial charge is 0.453 e. The molecule has 4 aromatic rings. The molecule has 15 nitrogen and oxygen atoms in total. The van der Waals surface area contributed by atoms with Crippen LogP contribution in [0.4, 0.5) is 34.3 Å². The van der Waals surface area contributed by atoms with Gasteiger partial charge in [-0.1, -0.05) is 24.3 Å². The average Bonchev–Trinajstić information content (AvgIpc) is 3.87. The first-order valence-electron chi connectivity index (χ1n) is 17.5. The van der Waals surface area contributed by atoms with E-state index in [1.165, 1.54) is 25.4 Å². The van der Waals surface area contributed by atoms with E-state index in [9.17, 15) is 32.3 Å².